The third-order valence-electron chi connectivity index (χ3n) is 3.96. The van der Waals surface area contributed by atoms with Crippen molar-refractivity contribution < 1.29 is 27.4 Å². The van der Waals surface area contributed by atoms with E-state index >= 15 is 0 Å². The molecule has 2 aromatic rings. The molecular weight excluding hydrogens is 397 g/mol. The van der Waals surface area contributed by atoms with E-state index in [0.717, 1.165) is 17.7 Å². The molecule has 164 valence electrons. The number of nitrogens with one attached hydrogen (secondary N) is 2. The van der Waals surface area contributed by atoms with Crippen LogP contribution in [0.25, 0.3) is 0 Å². The third kappa shape index (κ3) is 7.59. The number of anilines is 1. The smallest absolute Gasteiger partial charge is 0.416 e. The zero-order valence-electron chi connectivity index (χ0n) is 17.5. The van der Waals surface area contributed by atoms with Gasteiger partial charge in [0.1, 0.15) is 0 Å². The summed E-state index contributed by atoms with van der Waals surface area (Å²) in [7, 11) is 0. The van der Waals surface area contributed by atoms with Crippen LogP contribution in [0.3, 0.4) is 0 Å². The Morgan fingerprint density at radius 3 is 2.37 bits per heavy atom. The fraction of sp³-hybridized carbons (Fsp3) is 0.409. The van der Waals surface area contributed by atoms with E-state index in [1.165, 1.54) is 12.1 Å². The van der Waals surface area contributed by atoms with Gasteiger partial charge in [-0.25, -0.2) is 0 Å². The van der Waals surface area contributed by atoms with E-state index in [0.29, 0.717) is 24.7 Å². The van der Waals surface area contributed by atoms with E-state index < -0.39 is 17.6 Å². The number of alkyl halides is 3. The highest BCUT2D eigenvalue weighted by Crippen LogP contribution is 2.31. The topological polar surface area (TPSA) is 59.6 Å². The Kier molecular flexibility index (Phi) is 7.72. The Balaban J connectivity index is 2.01. The summed E-state index contributed by atoms with van der Waals surface area (Å²) in [5.41, 5.74) is 0.170. The van der Waals surface area contributed by atoms with Crippen molar-refractivity contribution in [3.05, 3.63) is 53.6 Å². The maximum atomic E-state index is 12.8. The van der Waals surface area contributed by atoms with Crippen molar-refractivity contribution in [3.8, 4) is 11.5 Å². The lowest BCUT2D eigenvalue weighted by atomic mass is 10.1. The number of halogens is 3. The van der Waals surface area contributed by atoms with Crippen LogP contribution >= 0.6 is 0 Å². The van der Waals surface area contributed by atoms with Crippen molar-refractivity contribution in [3.63, 3.8) is 0 Å². The van der Waals surface area contributed by atoms with Crippen LogP contribution < -0.4 is 20.1 Å². The molecule has 5 nitrogen and oxygen atoms in total. The highest BCUT2D eigenvalue weighted by atomic mass is 19.4. The SMILES string of the molecule is CCOc1cc(CNC(C)(C)C)ccc1OCC(=O)Nc1cccc(C(F)(F)F)c1. The van der Waals surface area contributed by atoms with Crippen LogP contribution in [0, 0.1) is 0 Å². The molecule has 1 amide bonds. The van der Waals surface area contributed by atoms with Crippen molar-refractivity contribution in [2.45, 2.75) is 46.0 Å². The van der Waals surface area contributed by atoms with Gasteiger partial charge in [-0.05, 0) is 63.6 Å². The molecule has 2 N–H and O–H groups in total. The predicted molar refractivity (Wildman–Crippen MR) is 110 cm³/mol. The van der Waals surface area contributed by atoms with Gasteiger partial charge in [0.25, 0.3) is 5.91 Å². The Morgan fingerprint density at radius 1 is 1.00 bits per heavy atom. The predicted octanol–water partition coefficient (Wildman–Crippen LogP) is 5.01. The van der Waals surface area contributed by atoms with Crippen LogP contribution in [0.15, 0.2) is 42.5 Å². The average molecular weight is 424 g/mol. The molecule has 8 heteroatoms. The number of benzene rings is 2. The number of ether oxygens (including phenoxy) is 2. The van der Waals surface area contributed by atoms with E-state index in [1.807, 2.05) is 19.1 Å². The molecule has 0 fully saturated rings. The van der Waals surface area contributed by atoms with Crippen LogP contribution in [0.2, 0.25) is 0 Å². The van der Waals surface area contributed by atoms with Gasteiger partial charge in [-0.15, -0.1) is 0 Å². The van der Waals surface area contributed by atoms with Crippen LogP contribution in [0.5, 0.6) is 11.5 Å². The summed E-state index contributed by atoms with van der Waals surface area (Å²) in [5, 5.41) is 5.79. The van der Waals surface area contributed by atoms with Crippen molar-refractivity contribution in [1.82, 2.24) is 5.32 Å². The summed E-state index contributed by atoms with van der Waals surface area (Å²) in [4.78, 5) is 12.1. The van der Waals surface area contributed by atoms with Crippen molar-refractivity contribution in [2.75, 3.05) is 18.5 Å². The first-order valence-electron chi connectivity index (χ1n) is 9.58. The minimum atomic E-state index is -4.48. The molecule has 0 atom stereocenters. The first-order valence-corrected chi connectivity index (χ1v) is 9.58. The first-order chi connectivity index (χ1) is 14.0. The van der Waals surface area contributed by atoms with E-state index in [4.69, 9.17) is 9.47 Å². The summed E-state index contributed by atoms with van der Waals surface area (Å²) in [6, 6.07) is 9.84. The normalized spacial score (nSPS) is 11.8. The maximum Gasteiger partial charge on any atom is 0.416 e. The summed E-state index contributed by atoms with van der Waals surface area (Å²) >= 11 is 0. The fourth-order valence-electron chi connectivity index (χ4n) is 2.53. The Morgan fingerprint density at radius 2 is 1.73 bits per heavy atom. The summed E-state index contributed by atoms with van der Waals surface area (Å²) in [6.45, 7) is 8.73. The number of hydrogen-bond donors (Lipinski definition) is 2. The molecular formula is C22H27F3N2O3. The van der Waals surface area contributed by atoms with Crippen LogP contribution in [-0.4, -0.2) is 24.7 Å². The zero-order chi connectivity index (χ0) is 22.4. The Labute approximate surface area is 174 Å². The molecule has 0 aliphatic carbocycles. The van der Waals surface area contributed by atoms with Gasteiger partial charge in [0.2, 0.25) is 0 Å². The van der Waals surface area contributed by atoms with Crippen LogP contribution in [-0.2, 0) is 17.5 Å². The largest absolute Gasteiger partial charge is 0.490 e. The van der Waals surface area contributed by atoms with Gasteiger partial charge >= 0.3 is 6.18 Å². The van der Waals surface area contributed by atoms with Crippen molar-refractivity contribution in [1.29, 1.82) is 0 Å². The molecule has 0 aliphatic heterocycles. The second-order valence-corrected chi connectivity index (χ2v) is 7.73. The van der Waals surface area contributed by atoms with E-state index in [1.54, 1.807) is 6.07 Å². The van der Waals surface area contributed by atoms with Crippen molar-refractivity contribution >= 4 is 11.6 Å². The molecule has 2 rings (SSSR count). The number of hydrogen-bond acceptors (Lipinski definition) is 4. The first kappa shape index (κ1) is 23.5. The van der Waals surface area contributed by atoms with Gasteiger partial charge < -0.3 is 20.1 Å². The lowest BCUT2D eigenvalue weighted by Crippen LogP contribution is -2.35. The summed E-state index contributed by atoms with van der Waals surface area (Å²) < 4.78 is 49.5. The van der Waals surface area contributed by atoms with Gasteiger partial charge in [0, 0.05) is 17.8 Å². The standard InChI is InChI=1S/C22H27F3N2O3/c1-5-29-19-11-15(13-26-21(2,3)4)9-10-18(19)30-14-20(28)27-17-8-6-7-16(12-17)22(23,24)25/h6-12,26H,5,13-14H2,1-4H3,(H,27,28). The van der Waals surface area contributed by atoms with E-state index in [-0.39, 0.29) is 17.8 Å². The number of carbonyl (C=O) groups is 1. The monoisotopic (exact) mass is 424 g/mol. The molecule has 30 heavy (non-hydrogen) atoms. The summed E-state index contributed by atoms with van der Waals surface area (Å²) in [6.07, 6.45) is -4.48. The number of amides is 1. The molecule has 0 spiro atoms. The molecule has 0 bridgehead atoms. The highest BCUT2D eigenvalue weighted by Gasteiger charge is 2.30. The van der Waals surface area contributed by atoms with E-state index in [9.17, 15) is 18.0 Å². The molecule has 0 heterocycles. The molecule has 2 aromatic carbocycles. The minimum Gasteiger partial charge on any atom is -0.490 e. The molecule has 0 saturated heterocycles. The number of carbonyl (C=O) groups excluding carboxylic acids is 1. The Bertz CT molecular complexity index is 861. The lowest BCUT2D eigenvalue weighted by molar-refractivity contribution is -0.137. The Hall–Kier alpha value is -2.74. The lowest BCUT2D eigenvalue weighted by Gasteiger charge is -2.21. The molecule has 0 saturated carbocycles. The van der Waals surface area contributed by atoms with Gasteiger partial charge in [-0.1, -0.05) is 12.1 Å². The maximum absolute atomic E-state index is 12.8. The second kappa shape index (κ2) is 9.84. The van der Waals surface area contributed by atoms with Crippen molar-refractivity contribution in [2.24, 2.45) is 0 Å². The van der Waals surface area contributed by atoms with E-state index in [2.05, 4.69) is 31.4 Å². The minimum absolute atomic E-state index is 0.0392. The fourth-order valence-corrected chi connectivity index (χ4v) is 2.53. The second-order valence-electron chi connectivity index (χ2n) is 7.73. The number of rotatable bonds is 8. The van der Waals surface area contributed by atoms with Gasteiger partial charge in [-0.2, -0.15) is 13.2 Å². The highest BCUT2D eigenvalue weighted by molar-refractivity contribution is 5.92. The quantitative estimate of drug-likeness (QED) is 0.626. The van der Waals surface area contributed by atoms with Gasteiger partial charge in [0.15, 0.2) is 18.1 Å². The molecule has 0 aliphatic rings. The zero-order valence-corrected chi connectivity index (χ0v) is 17.5. The average Bonchev–Trinajstić information content (AvgIpc) is 2.65. The van der Waals surface area contributed by atoms with Gasteiger partial charge in [0.05, 0.1) is 12.2 Å². The molecule has 0 radical (unpaired) electrons. The molecule has 0 aromatic heterocycles. The van der Waals surface area contributed by atoms with Gasteiger partial charge in [-0.3, -0.25) is 4.79 Å². The third-order valence-corrected chi connectivity index (χ3v) is 3.96. The van der Waals surface area contributed by atoms with Crippen LogP contribution in [0.1, 0.15) is 38.8 Å². The molecule has 0 unspecified atom stereocenters. The van der Waals surface area contributed by atoms with Crippen LogP contribution in [0.4, 0.5) is 18.9 Å². The summed E-state index contributed by atoms with van der Waals surface area (Å²) in [5.74, 6) is 0.309.